The van der Waals surface area contributed by atoms with E-state index in [0.717, 1.165) is 31.5 Å². The molecule has 3 rings (SSSR count). The van der Waals surface area contributed by atoms with E-state index >= 15 is 0 Å². The number of halogens is 1. The molecule has 1 aromatic rings. The van der Waals surface area contributed by atoms with Crippen LogP contribution in [-0.4, -0.2) is 19.7 Å². The lowest BCUT2D eigenvalue weighted by Gasteiger charge is -2.28. The Balaban J connectivity index is 1.75. The lowest BCUT2D eigenvalue weighted by Crippen LogP contribution is -2.27. The molecule has 1 saturated heterocycles. The van der Waals surface area contributed by atoms with Crippen LogP contribution in [0.3, 0.4) is 0 Å². The Kier molecular flexibility index (Phi) is 4.02. The number of hydrogen-bond acceptors (Lipinski definition) is 2. The molecule has 0 atom stereocenters. The summed E-state index contributed by atoms with van der Waals surface area (Å²) >= 11 is 0. The number of nitrogens with one attached hydrogen (secondary N) is 1. The van der Waals surface area contributed by atoms with E-state index in [1.807, 2.05) is 12.1 Å². The van der Waals surface area contributed by atoms with Crippen LogP contribution in [0, 0.1) is 11.7 Å². The fraction of sp³-hybridized carbons (Fsp3) is 0.625. The lowest BCUT2D eigenvalue weighted by atomic mass is 9.86. The van der Waals surface area contributed by atoms with Gasteiger partial charge in [-0.05, 0) is 56.7 Å². The van der Waals surface area contributed by atoms with Crippen LogP contribution in [0.1, 0.15) is 43.6 Å². The molecule has 2 nitrogen and oxygen atoms in total. The van der Waals surface area contributed by atoms with E-state index in [9.17, 15) is 4.39 Å². The Morgan fingerprint density at radius 3 is 2.63 bits per heavy atom. The molecule has 1 aliphatic heterocycles. The molecule has 2 fully saturated rings. The molecule has 3 heteroatoms. The number of rotatable bonds is 4. The van der Waals surface area contributed by atoms with Crippen molar-refractivity contribution in [3.05, 3.63) is 29.6 Å². The van der Waals surface area contributed by atoms with Gasteiger partial charge in [-0.2, -0.15) is 0 Å². The summed E-state index contributed by atoms with van der Waals surface area (Å²) in [5.74, 6) is 1.39. The number of para-hydroxylation sites is 1. The standard InChI is InChI=1S/C16H22FNO/c17-15-6-2-5-14(13-7-9-18-10-8-13)16(15)19-11-12-3-1-4-12/h2,5-6,12-13,18H,1,3-4,7-11H2. The third-order valence-corrected chi connectivity index (χ3v) is 4.46. The highest BCUT2D eigenvalue weighted by Crippen LogP contribution is 2.35. The maximum Gasteiger partial charge on any atom is 0.165 e. The second-order valence-electron chi connectivity index (χ2n) is 5.79. The fourth-order valence-electron chi connectivity index (χ4n) is 2.99. The van der Waals surface area contributed by atoms with Crippen LogP contribution in [0.25, 0.3) is 0 Å². The van der Waals surface area contributed by atoms with Gasteiger partial charge in [-0.15, -0.1) is 0 Å². The highest BCUT2D eigenvalue weighted by atomic mass is 19.1. The molecule has 104 valence electrons. The van der Waals surface area contributed by atoms with Gasteiger partial charge in [-0.1, -0.05) is 18.6 Å². The van der Waals surface area contributed by atoms with Gasteiger partial charge in [-0.25, -0.2) is 4.39 Å². The van der Waals surface area contributed by atoms with Gasteiger partial charge in [0.25, 0.3) is 0 Å². The smallest absolute Gasteiger partial charge is 0.165 e. The zero-order chi connectivity index (χ0) is 13.1. The van der Waals surface area contributed by atoms with Gasteiger partial charge in [0.15, 0.2) is 11.6 Å². The highest BCUT2D eigenvalue weighted by molar-refractivity contribution is 5.38. The number of hydrogen-bond donors (Lipinski definition) is 1. The van der Waals surface area contributed by atoms with Gasteiger partial charge in [0, 0.05) is 5.56 Å². The predicted octanol–water partition coefficient (Wildman–Crippen LogP) is 3.47. The Morgan fingerprint density at radius 2 is 1.95 bits per heavy atom. The zero-order valence-corrected chi connectivity index (χ0v) is 11.3. The van der Waals surface area contributed by atoms with E-state index in [1.165, 1.54) is 25.3 Å². The summed E-state index contributed by atoms with van der Waals surface area (Å²) in [5, 5.41) is 3.35. The van der Waals surface area contributed by atoms with E-state index in [1.54, 1.807) is 0 Å². The van der Waals surface area contributed by atoms with Crippen LogP contribution in [0.4, 0.5) is 4.39 Å². The third-order valence-electron chi connectivity index (χ3n) is 4.46. The summed E-state index contributed by atoms with van der Waals surface area (Å²) in [6.07, 6.45) is 5.91. The summed E-state index contributed by atoms with van der Waals surface area (Å²) in [7, 11) is 0. The van der Waals surface area contributed by atoms with Gasteiger partial charge in [0.1, 0.15) is 0 Å². The maximum absolute atomic E-state index is 14.0. The van der Waals surface area contributed by atoms with Gasteiger partial charge in [0.2, 0.25) is 0 Å². The van der Waals surface area contributed by atoms with Gasteiger partial charge < -0.3 is 10.1 Å². The SMILES string of the molecule is Fc1cccc(C2CCNCC2)c1OCC1CCC1. The first-order chi connectivity index (χ1) is 9.34. The van der Waals surface area contributed by atoms with Crippen molar-refractivity contribution in [2.24, 2.45) is 5.92 Å². The van der Waals surface area contributed by atoms with Crippen molar-refractivity contribution in [2.75, 3.05) is 19.7 Å². The topological polar surface area (TPSA) is 21.3 Å². The van der Waals surface area contributed by atoms with Crippen molar-refractivity contribution in [1.82, 2.24) is 5.32 Å². The lowest BCUT2D eigenvalue weighted by molar-refractivity contribution is 0.173. The Morgan fingerprint density at radius 1 is 1.16 bits per heavy atom. The second-order valence-corrected chi connectivity index (χ2v) is 5.79. The van der Waals surface area contributed by atoms with Crippen LogP contribution in [0.2, 0.25) is 0 Å². The van der Waals surface area contributed by atoms with Crippen molar-refractivity contribution in [3.8, 4) is 5.75 Å². The Labute approximate surface area is 114 Å². The number of ether oxygens (including phenoxy) is 1. The van der Waals surface area contributed by atoms with Crippen LogP contribution in [-0.2, 0) is 0 Å². The second kappa shape index (κ2) is 5.91. The van der Waals surface area contributed by atoms with E-state index in [0.29, 0.717) is 24.2 Å². The molecule has 1 heterocycles. The summed E-state index contributed by atoms with van der Waals surface area (Å²) < 4.78 is 19.9. The molecule has 0 amide bonds. The number of benzene rings is 1. The molecule has 0 bridgehead atoms. The minimum atomic E-state index is -0.199. The number of piperidine rings is 1. The molecule has 1 aromatic carbocycles. The normalized spacial score (nSPS) is 21.1. The zero-order valence-electron chi connectivity index (χ0n) is 11.3. The molecule has 0 aromatic heterocycles. The van der Waals surface area contributed by atoms with E-state index in [2.05, 4.69) is 5.32 Å². The summed E-state index contributed by atoms with van der Waals surface area (Å²) in [4.78, 5) is 0. The van der Waals surface area contributed by atoms with E-state index in [4.69, 9.17) is 4.74 Å². The van der Waals surface area contributed by atoms with Crippen LogP contribution in [0.15, 0.2) is 18.2 Å². The van der Waals surface area contributed by atoms with Crippen LogP contribution in [0.5, 0.6) is 5.75 Å². The van der Waals surface area contributed by atoms with Crippen molar-refractivity contribution < 1.29 is 9.13 Å². The third kappa shape index (κ3) is 2.92. The minimum Gasteiger partial charge on any atom is -0.490 e. The van der Waals surface area contributed by atoms with E-state index in [-0.39, 0.29) is 5.82 Å². The quantitative estimate of drug-likeness (QED) is 0.898. The molecule has 0 unspecified atom stereocenters. The molecule has 1 saturated carbocycles. The maximum atomic E-state index is 14.0. The predicted molar refractivity (Wildman–Crippen MR) is 74.1 cm³/mol. The first kappa shape index (κ1) is 12.9. The van der Waals surface area contributed by atoms with Gasteiger partial charge in [-0.3, -0.25) is 0 Å². The van der Waals surface area contributed by atoms with Crippen LogP contribution < -0.4 is 10.1 Å². The molecule has 0 radical (unpaired) electrons. The molecule has 1 N–H and O–H groups in total. The van der Waals surface area contributed by atoms with Crippen molar-refractivity contribution in [2.45, 2.75) is 38.0 Å². The van der Waals surface area contributed by atoms with Gasteiger partial charge >= 0.3 is 0 Å². The molecule has 0 spiro atoms. The molecular weight excluding hydrogens is 241 g/mol. The van der Waals surface area contributed by atoms with Crippen molar-refractivity contribution in [1.29, 1.82) is 0 Å². The molecular formula is C16H22FNO. The van der Waals surface area contributed by atoms with Gasteiger partial charge in [0.05, 0.1) is 6.61 Å². The first-order valence-corrected chi connectivity index (χ1v) is 7.46. The fourth-order valence-corrected chi connectivity index (χ4v) is 2.99. The monoisotopic (exact) mass is 263 g/mol. The molecule has 1 aliphatic carbocycles. The van der Waals surface area contributed by atoms with Crippen molar-refractivity contribution >= 4 is 0 Å². The van der Waals surface area contributed by atoms with E-state index < -0.39 is 0 Å². The minimum absolute atomic E-state index is 0.199. The summed E-state index contributed by atoms with van der Waals surface area (Å²) in [5.41, 5.74) is 1.07. The highest BCUT2D eigenvalue weighted by Gasteiger charge is 2.23. The Hall–Kier alpha value is -1.09. The summed E-state index contributed by atoms with van der Waals surface area (Å²) in [6.45, 7) is 2.71. The average molecular weight is 263 g/mol. The Bertz CT molecular complexity index is 425. The largest absolute Gasteiger partial charge is 0.490 e. The summed E-state index contributed by atoms with van der Waals surface area (Å²) in [6, 6.07) is 5.36. The average Bonchev–Trinajstić information content (AvgIpc) is 2.39. The first-order valence-electron chi connectivity index (χ1n) is 7.46. The molecule has 2 aliphatic rings. The van der Waals surface area contributed by atoms with Crippen molar-refractivity contribution in [3.63, 3.8) is 0 Å². The van der Waals surface area contributed by atoms with Crippen LogP contribution >= 0.6 is 0 Å². The molecule has 19 heavy (non-hydrogen) atoms.